The Labute approximate surface area is 95.8 Å². The molecular weight excluding hydrogens is 202 g/mol. The van der Waals surface area contributed by atoms with Crippen LogP contribution in [0.5, 0.6) is 0 Å². The molecule has 1 aromatic carbocycles. The van der Waals surface area contributed by atoms with Crippen molar-refractivity contribution in [3.8, 4) is 0 Å². The van der Waals surface area contributed by atoms with E-state index in [-0.39, 0.29) is 5.97 Å². The van der Waals surface area contributed by atoms with E-state index in [0.29, 0.717) is 11.1 Å². The lowest BCUT2D eigenvalue weighted by molar-refractivity contribution is 0.0600. The van der Waals surface area contributed by atoms with E-state index < -0.39 is 0 Å². The van der Waals surface area contributed by atoms with E-state index in [2.05, 4.69) is 10.1 Å². The number of methoxy groups -OCH3 is 1. The summed E-state index contributed by atoms with van der Waals surface area (Å²) in [5, 5.41) is 3.36. The molecule has 3 heteroatoms. The number of hydrogen-bond donors (Lipinski definition) is 1. The van der Waals surface area contributed by atoms with Gasteiger partial charge in [0.15, 0.2) is 0 Å². The maximum Gasteiger partial charge on any atom is 0.337 e. The van der Waals surface area contributed by atoms with E-state index in [9.17, 15) is 4.79 Å². The maximum atomic E-state index is 11.2. The van der Waals surface area contributed by atoms with Crippen LogP contribution >= 0.6 is 0 Å². The molecule has 2 rings (SSSR count). The van der Waals surface area contributed by atoms with Crippen molar-refractivity contribution in [2.75, 3.05) is 14.2 Å². The van der Waals surface area contributed by atoms with Gasteiger partial charge >= 0.3 is 5.97 Å². The predicted octanol–water partition coefficient (Wildman–Crippen LogP) is 1.77. The highest BCUT2D eigenvalue weighted by molar-refractivity contribution is 5.89. The molecule has 0 saturated heterocycles. The molecule has 86 valence electrons. The lowest BCUT2D eigenvalue weighted by Crippen LogP contribution is -2.29. The third kappa shape index (κ3) is 2.25. The number of benzene rings is 1. The van der Waals surface area contributed by atoms with Crippen molar-refractivity contribution in [1.29, 1.82) is 0 Å². The van der Waals surface area contributed by atoms with Crippen molar-refractivity contribution >= 4 is 5.97 Å². The molecule has 0 aromatic heterocycles. The van der Waals surface area contributed by atoms with Crippen LogP contribution in [0.3, 0.4) is 0 Å². The Morgan fingerprint density at radius 1 is 1.38 bits per heavy atom. The molecule has 0 spiro atoms. The fraction of sp³-hybridized carbons (Fsp3) is 0.462. The van der Waals surface area contributed by atoms with E-state index in [1.165, 1.54) is 25.5 Å². The van der Waals surface area contributed by atoms with Crippen LogP contribution in [0.2, 0.25) is 0 Å². The molecule has 1 aromatic rings. The van der Waals surface area contributed by atoms with Crippen molar-refractivity contribution in [2.45, 2.75) is 24.8 Å². The molecule has 1 aliphatic rings. The van der Waals surface area contributed by atoms with Gasteiger partial charge in [-0.05, 0) is 44.0 Å². The Morgan fingerprint density at radius 3 is 2.44 bits per heavy atom. The van der Waals surface area contributed by atoms with Gasteiger partial charge in [-0.2, -0.15) is 0 Å². The van der Waals surface area contributed by atoms with Gasteiger partial charge in [0.2, 0.25) is 0 Å². The topological polar surface area (TPSA) is 38.3 Å². The summed E-state index contributed by atoms with van der Waals surface area (Å²) in [5.74, 6) is -0.277. The molecule has 1 fully saturated rings. The van der Waals surface area contributed by atoms with Crippen molar-refractivity contribution in [3.05, 3.63) is 35.4 Å². The standard InChI is InChI=1S/C13H17NO2/c1-14-13(7-8-13)9-10-3-5-11(6-4-10)12(15)16-2/h3-6,14H,7-9H2,1-2H3. The molecule has 0 amide bonds. The van der Waals surface area contributed by atoms with Gasteiger partial charge in [0.1, 0.15) is 0 Å². The number of rotatable bonds is 4. The highest BCUT2D eigenvalue weighted by Gasteiger charge is 2.40. The monoisotopic (exact) mass is 219 g/mol. The van der Waals surface area contributed by atoms with Gasteiger partial charge in [-0.1, -0.05) is 12.1 Å². The summed E-state index contributed by atoms with van der Waals surface area (Å²) >= 11 is 0. The minimum atomic E-state index is -0.277. The molecular formula is C13H17NO2. The lowest BCUT2D eigenvalue weighted by atomic mass is 10.0. The quantitative estimate of drug-likeness (QED) is 0.784. The molecule has 0 atom stereocenters. The summed E-state index contributed by atoms with van der Waals surface area (Å²) in [6.07, 6.45) is 3.51. The molecule has 1 N–H and O–H groups in total. The summed E-state index contributed by atoms with van der Waals surface area (Å²) in [6.45, 7) is 0. The van der Waals surface area contributed by atoms with Gasteiger partial charge in [-0.15, -0.1) is 0 Å². The van der Waals surface area contributed by atoms with Crippen LogP contribution in [-0.2, 0) is 11.2 Å². The summed E-state index contributed by atoms with van der Waals surface area (Å²) in [5.41, 5.74) is 2.19. The first-order valence-electron chi connectivity index (χ1n) is 5.55. The van der Waals surface area contributed by atoms with E-state index in [1.54, 1.807) is 0 Å². The van der Waals surface area contributed by atoms with Crippen LogP contribution in [-0.4, -0.2) is 25.7 Å². The highest BCUT2D eigenvalue weighted by Crippen LogP contribution is 2.38. The van der Waals surface area contributed by atoms with Gasteiger partial charge in [0, 0.05) is 5.54 Å². The average Bonchev–Trinajstić information content (AvgIpc) is 3.09. The second-order valence-electron chi connectivity index (χ2n) is 4.40. The first-order chi connectivity index (χ1) is 7.69. The lowest BCUT2D eigenvalue weighted by Gasteiger charge is -2.13. The first-order valence-corrected chi connectivity index (χ1v) is 5.55. The fourth-order valence-corrected chi connectivity index (χ4v) is 1.93. The van der Waals surface area contributed by atoms with Gasteiger partial charge < -0.3 is 10.1 Å². The van der Waals surface area contributed by atoms with Crippen LogP contribution in [0.15, 0.2) is 24.3 Å². The Morgan fingerprint density at radius 2 is 2.00 bits per heavy atom. The van der Waals surface area contributed by atoms with Crippen LogP contribution in [0.1, 0.15) is 28.8 Å². The summed E-state index contributed by atoms with van der Waals surface area (Å²) < 4.78 is 4.66. The average molecular weight is 219 g/mol. The van der Waals surface area contributed by atoms with Gasteiger partial charge in [0.05, 0.1) is 12.7 Å². The zero-order chi connectivity index (χ0) is 11.6. The zero-order valence-electron chi connectivity index (χ0n) is 9.75. The molecule has 0 bridgehead atoms. The molecule has 3 nitrogen and oxygen atoms in total. The largest absolute Gasteiger partial charge is 0.465 e. The number of esters is 1. The summed E-state index contributed by atoms with van der Waals surface area (Å²) in [6, 6.07) is 7.66. The van der Waals surface area contributed by atoms with Gasteiger partial charge in [-0.25, -0.2) is 4.79 Å². The third-order valence-corrected chi connectivity index (χ3v) is 3.30. The molecule has 16 heavy (non-hydrogen) atoms. The van der Waals surface area contributed by atoms with Crippen LogP contribution in [0.25, 0.3) is 0 Å². The second-order valence-corrected chi connectivity index (χ2v) is 4.40. The second kappa shape index (κ2) is 4.26. The van der Waals surface area contributed by atoms with Crippen molar-refractivity contribution in [2.24, 2.45) is 0 Å². The van der Waals surface area contributed by atoms with Gasteiger partial charge in [-0.3, -0.25) is 0 Å². The summed E-state index contributed by atoms with van der Waals surface area (Å²) in [7, 11) is 3.41. The van der Waals surface area contributed by atoms with Crippen LogP contribution < -0.4 is 5.32 Å². The molecule has 0 aliphatic heterocycles. The first kappa shape index (κ1) is 11.1. The van der Waals surface area contributed by atoms with E-state index in [0.717, 1.165) is 6.42 Å². The number of nitrogens with one attached hydrogen (secondary N) is 1. The molecule has 0 radical (unpaired) electrons. The third-order valence-electron chi connectivity index (χ3n) is 3.30. The Balaban J connectivity index is 2.05. The van der Waals surface area contributed by atoms with Crippen molar-refractivity contribution in [1.82, 2.24) is 5.32 Å². The molecule has 1 saturated carbocycles. The number of hydrogen-bond acceptors (Lipinski definition) is 3. The Bertz CT molecular complexity index is 379. The number of likely N-dealkylation sites (N-methyl/N-ethyl adjacent to an activating group) is 1. The molecule has 0 unspecified atom stereocenters. The Hall–Kier alpha value is -1.35. The van der Waals surface area contributed by atoms with Crippen LogP contribution in [0, 0.1) is 0 Å². The smallest absolute Gasteiger partial charge is 0.337 e. The number of carbonyl (C=O) groups excluding carboxylic acids is 1. The minimum absolute atomic E-state index is 0.277. The summed E-state index contributed by atoms with van der Waals surface area (Å²) in [4.78, 5) is 11.2. The normalized spacial score (nSPS) is 16.9. The predicted molar refractivity (Wildman–Crippen MR) is 62.5 cm³/mol. The Kier molecular flexibility index (Phi) is 2.97. The maximum absolute atomic E-state index is 11.2. The number of ether oxygens (including phenoxy) is 1. The van der Waals surface area contributed by atoms with Crippen LogP contribution in [0.4, 0.5) is 0 Å². The van der Waals surface area contributed by atoms with Crippen molar-refractivity contribution < 1.29 is 9.53 Å². The SMILES string of the molecule is CNC1(Cc2ccc(C(=O)OC)cc2)CC1. The van der Waals surface area contributed by atoms with E-state index in [4.69, 9.17) is 0 Å². The molecule has 0 heterocycles. The van der Waals surface area contributed by atoms with E-state index >= 15 is 0 Å². The van der Waals surface area contributed by atoms with E-state index in [1.807, 2.05) is 31.3 Å². The molecule has 1 aliphatic carbocycles. The highest BCUT2D eigenvalue weighted by atomic mass is 16.5. The minimum Gasteiger partial charge on any atom is -0.465 e. The van der Waals surface area contributed by atoms with Crippen molar-refractivity contribution in [3.63, 3.8) is 0 Å². The fourth-order valence-electron chi connectivity index (χ4n) is 1.93. The number of carbonyl (C=O) groups is 1. The zero-order valence-corrected chi connectivity index (χ0v) is 9.75. The van der Waals surface area contributed by atoms with Gasteiger partial charge in [0.25, 0.3) is 0 Å².